The van der Waals surface area contributed by atoms with E-state index in [9.17, 15) is 9.59 Å². The number of hydrogen-bond donors (Lipinski definition) is 0. The first kappa shape index (κ1) is 26.6. The van der Waals surface area contributed by atoms with Crippen LogP contribution in [0.1, 0.15) is 104 Å². The van der Waals surface area contributed by atoms with Crippen LogP contribution in [0.5, 0.6) is 0 Å². The maximum atomic E-state index is 12.7. The van der Waals surface area contributed by atoms with Crippen molar-refractivity contribution >= 4 is 11.9 Å². The molecule has 33 heavy (non-hydrogen) atoms. The summed E-state index contributed by atoms with van der Waals surface area (Å²) < 4.78 is 11.4. The summed E-state index contributed by atoms with van der Waals surface area (Å²) in [6.45, 7) is 8.25. The Labute approximate surface area is 199 Å². The second-order valence-corrected chi connectivity index (χ2v) is 8.87. The van der Waals surface area contributed by atoms with Crippen molar-refractivity contribution in [1.29, 1.82) is 0 Å². The second kappa shape index (κ2) is 14.5. The third kappa shape index (κ3) is 9.41. The predicted molar refractivity (Wildman–Crippen MR) is 134 cm³/mol. The number of aryl methyl sites for hydroxylation is 2. The van der Waals surface area contributed by atoms with Crippen LogP contribution in [0.15, 0.2) is 48.5 Å². The van der Waals surface area contributed by atoms with Crippen LogP contribution >= 0.6 is 0 Å². The molecule has 180 valence electrons. The Morgan fingerprint density at radius 1 is 0.697 bits per heavy atom. The second-order valence-electron chi connectivity index (χ2n) is 8.87. The molecule has 0 radical (unpaired) electrons. The Balaban J connectivity index is 1.89. The number of benzene rings is 2. The number of hydrogen-bond acceptors (Lipinski definition) is 4. The summed E-state index contributed by atoms with van der Waals surface area (Å²) >= 11 is 0. The predicted octanol–water partition coefficient (Wildman–Crippen LogP) is 7.33. The molecule has 0 amide bonds. The molecule has 0 N–H and O–H groups in total. The highest BCUT2D eigenvalue weighted by Gasteiger charge is 2.21. The van der Waals surface area contributed by atoms with Gasteiger partial charge in [0.2, 0.25) is 0 Å². The largest absolute Gasteiger partial charge is 0.459 e. The van der Waals surface area contributed by atoms with Crippen LogP contribution in [0, 0.1) is 0 Å². The van der Waals surface area contributed by atoms with Crippen molar-refractivity contribution in [3.8, 4) is 0 Å². The third-order valence-corrected chi connectivity index (χ3v) is 5.80. The van der Waals surface area contributed by atoms with Crippen molar-refractivity contribution in [1.82, 2.24) is 0 Å². The van der Waals surface area contributed by atoms with Gasteiger partial charge in [-0.1, -0.05) is 64.3 Å². The molecule has 0 aliphatic heterocycles. The molecule has 2 rings (SSSR count). The maximum absolute atomic E-state index is 12.7. The third-order valence-electron chi connectivity index (χ3n) is 5.80. The van der Waals surface area contributed by atoms with Crippen molar-refractivity contribution in [3.05, 3.63) is 70.8 Å². The zero-order valence-electron chi connectivity index (χ0n) is 20.8. The first-order valence-corrected chi connectivity index (χ1v) is 12.6. The quantitative estimate of drug-likeness (QED) is 0.282. The van der Waals surface area contributed by atoms with Gasteiger partial charge in [0.25, 0.3) is 0 Å². The van der Waals surface area contributed by atoms with Gasteiger partial charge in [-0.25, -0.2) is 9.59 Å². The summed E-state index contributed by atoms with van der Waals surface area (Å²) in [5, 5.41) is 0. The van der Waals surface area contributed by atoms with Gasteiger partial charge < -0.3 is 9.47 Å². The van der Waals surface area contributed by atoms with E-state index in [4.69, 9.17) is 9.47 Å². The molecule has 0 aliphatic carbocycles. The van der Waals surface area contributed by atoms with Gasteiger partial charge in [0.15, 0.2) is 0 Å². The van der Waals surface area contributed by atoms with E-state index >= 15 is 0 Å². The van der Waals surface area contributed by atoms with Crippen molar-refractivity contribution < 1.29 is 19.1 Å². The topological polar surface area (TPSA) is 52.6 Å². The Morgan fingerprint density at radius 3 is 1.58 bits per heavy atom. The van der Waals surface area contributed by atoms with Crippen molar-refractivity contribution in [2.75, 3.05) is 0 Å². The first-order valence-electron chi connectivity index (χ1n) is 12.6. The first-order chi connectivity index (χ1) is 16.0. The molecular formula is C29H40O4. The zero-order valence-corrected chi connectivity index (χ0v) is 20.8. The van der Waals surface area contributed by atoms with Gasteiger partial charge in [0, 0.05) is 6.42 Å². The average Bonchev–Trinajstić information content (AvgIpc) is 2.82. The molecule has 0 bridgehead atoms. The van der Waals surface area contributed by atoms with Gasteiger partial charge >= 0.3 is 11.9 Å². The lowest BCUT2D eigenvalue weighted by atomic mass is 10.1. The molecule has 2 unspecified atom stereocenters. The van der Waals surface area contributed by atoms with Gasteiger partial charge in [-0.15, -0.1) is 0 Å². The summed E-state index contributed by atoms with van der Waals surface area (Å²) in [5.74, 6) is -0.662. The van der Waals surface area contributed by atoms with Crippen LogP contribution in [0.4, 0.5) is 0 Å². The summed E-state index contributed by atoms with van der Waals surface area (Å²) in [6, 6.07) is 15.3. The van der Waals surface area contributed by atoms with Gasteiger partial charge in [0.1, 0.15) is 12.2 Å². The number of rotatable bonds is 14. The molecule has 2 aromatic carbocycles. The lowest BCUT2D eigenvalue weighted by Gasteiger charge is -2.21. The summed E-state index contributed by atoms with van der Waals surface area (Å²) in [5.41, 5.74) is 3.57. The molecule has 4 heteroatoms. The van der Waals surface area contributed by atoms with Crippen LogP contribution in [0.2, 0.25) is 0 Å². The minimum atomic E-state index is -0.349. The molecule has 0 spiro atoms. The van der Waals surface area contributed by atoms with E-state index < -0.39 is 0 Å². The van der Waals surface area contributed by atoms with Crippen LogP contribution in [0.3, 0.4) is 0 Å². The van der Waals surface area contributed by atoms with E-state index in [2.05, 4.69) is 20.8 Å². The normalized spacial score (nSPS) is 12.7. The fraction of sp³-hybridized carbons (Fsp3) is 0.517. The number of carbonyl (C=O) groups excluding carboxylic acids is 2. The number of esters is 2. The van der Waals surface area contributed by atoms with Gasteiger partial charge in [0.05, 0.1) is 11.1 Å². The Bertz CT molecular complexity index is 839. The summed E-state index contributed by atoms with van der Waals surface area (Å²) in [4.78, 5) is 25.2. The van der Waals surface area contributed by atoms with E-state index in [-0.39, 0.29) is 24.1 Å². The van der Waals surface area contributed by atoms with Crippen molar-refractivity contribution in [2.24, 2.45) is 0 Å². The van der Waals surface area contributed by atoms with Gasteiger partial charge in [-0.3, -0.25) is 0 Å². The van der Waals surface area contributed by atoms with E-state index in [1.54, 1.807) is 0 Å². The lowest BCUT2D eigenvalue weighted by Crippen LogP contribution is -2.26. The monoisotopic (exact) mass is 452 g/mol. The Kier molecular flexibility index (Phi) is 11.7. The molecule has 4 nitrogen and oxygen atoms in total. The van der Waals surface area contributed by atoms with E-state index in [0.29, 0.717) is 17.5 Å². The molecule has 0 aromatic heterocycles. The maximum Gasteiger partial charge on any atom is 0.338 e. The van der Waals surface area contributed by atoms with Crippen molar-refractivity contribution in [3.63, 3.8) is 0 Å². The average molecular weight is 453 g/mol. The standard InChI is InChI=1S/C29H40O4/c1-5-8-11-23-13-17-25(18-14-23)28(30)32-22(4)21-27(10-7-3)33-29(31)26-19-15-24(16-20-26)12-9-6-2/h13-20,22,27H,5-12,21H2,1-4H3. The Morgan fingerprint density at radius 2 is 1.15 bits per heavy atom. The highest BCUT2D eigenvalue weighted by Crippen LogP contribution is 2.17. The lowest BCUT2D eigenvalue weighted by molar-refractivity contribution is 0.00162. The van der Waals surface area contributed by atoms with Crippen molar-refractivity contribution in [2.45, 2.75) is 97.7 Å². The number of carbonyl (C=O) groups is 2. The van der Waals surface area contributed by atoms with E-state index in [1.165, 1.54) is 11.1 Å². The van der Waals surface area contributed by atoms with Crippen LogP contribution in [0.25, 0.3) is 0 Å². The minimum absolute atomic E-state index is 0.290. The number of unbranched alkanes of at least 4 members (excludes halogenated alkanes) is 2. The molecule has 0 heterocycles. The molecule has 0 fully saturated rings. The highest BCUT2D eigenvalue weighted by atomic mass is 16.6. The molecular weight excluding hydrogens is 412 g/mol. The molecule has 0 saturated heterocycles. The summed E-state index contributed by atoms with van der Waals surface area (Å²) in [6.07, 6.45) is 8.08. The highest BCUT2D eigenvalue weighted by molar-refractivity contribution is 5.90. The molecule has 0 aliphatic rings. The SMILES string of the molecule is CCCCc1ccc(C(=O)OC(C)CC(CCC)OC(=O)c2ccc(CCCC)cc2)cc1. The van der Waals surface area contributed by atoms with Crippen LogP contribution in [-0.4, -0.2) is 24.1 Å². The fourth-order valence-corrected chi connectivity index (χ4v) is 3.81. The van der Waals surface area contributed by atoms with Crippen LogP contribution in [-0.2, 0) is 22.3 Å². The minimum Gasteiger partial charge on any atom is -0.459 e. The van der Waals surface area contributed by atoms with Crippen LogP contribution < -0.4 is 0 Å². The molecule has 0 saturated carbocycles. The number of ether oxygens (including phenoxy) is 2. The summed E-state index contributed by atoms with van der Waals surface area (Å²) in [7, 11) is 0. The fourth-order valence-electron chi connectivity index (χ4n) is 3.81. The molecule has 2 atom stereocenters. The molecule has 2 aromatic rings. The Hall–Kier alpha value is -2.62. The zero-order chi connectivity index (χ0) is 24.1. The van der Waals surface area contributed by atoms with Gasteiger partial charge in [-0.05, 0) is 74.4 Å². The van der Waals surface area contributed by atoms with Gasteiger partial charge in [-0.2, -0.15) is 0 Å². The van der Waals surface area contributed by atoms with E-state index in [1.807, 2.05) is 55.5 Å². The smallest absolute Gasteiger partial charge is 0.338 e. The van der Waals surface area contributed by atoms with E-state index in [0.717, 1.165) is 51.4 Å².